The van der Waals surface area contributed by atoms with E-state index < -0.39 is 0 Å². The van der Waals surface area contributed by atoms with E-state index >= 15 is 0 Å². The molecule has 0 spiro atoms. The number of aromatic nitrogens is 2. The van der Waals surface area contributed by atoms with E-state index in [1.54, 1.807) is 11.4 Å². The molecule has 3 nitrogen and oxygen atoms in total. The molecule has 0 unspecified atom stereocenters. The van der Waals surface area contributed by atoms with Crippen molar-refractivity contribution in [2.45, 2.75) is 27.2 Å². The van der Waals surface area contributed by atoms with Gasteiger partial charge in [-0.25, -0.2) is 4.52 Å². The molecule has 3 heteroatoms. The lowest BCUT2D eigenvalue weighted by molar-refractivity contribution is 0.101. The van der Waals surface area contributed by atoms with E-state index in [0.717, 1.165) is 23.2 Å². The summed E-state index contributed by atoms with van der Waals surface area (Å²) in [5, 5.41) is 4.47. The second kappa shape index (κ2) is 4.08. The van der Waals surface area contributed by atoms with Gasteiger partial charge in [-0.05, 0) is 31.4 Å². The minimum atomic E-state index is 0.0943. The van der Waals surface area contributed by atoms with Gasteiger partial charge < -0.3 is 0 Å². The Bertz CT molecular complexity index is 526. The van der Waals surface area contributed by atoms with E-state index in [-0.39, 0.29) is 5.78 Å². The molecule has 0 atom stereocenters. The largest absolute Gasteiger partial charge is 0.294 e. The maximum absolute atomic E-state index is 11.7. The topological polar surface area (TPSA) is 34.4 Å². The van der Waals surface area contributed by atoms with Gasteiger partial charge in [0.15, 0.2) is 5.78 Å². The standard InChI is InChI=1S/C13H16N2O/c1-9(2)8-11-13(10(3)16)12-6-4-5-7-15(12)14-11/h4-7,9H,8H2,1-3H3. The Hall–Kier alpha value is -1.64. The van der Waals surface area contributed by atoms with Gasteiger partial charge in [0.05, 0.1) is 16.8 Å². The Balaban J connectivity index is 2.63. The molecular weight excluding hydrogens is 200 g/mol. The van der Waals surface area contributed by atoms with Crippen LogP contribution in [0.5, 0.6) is 0 Å². The van der Waals surface area contributed by atoms with Crippen LogP contribution >= 0.6 is 0 Å². The molecule has 0 aliphatic rings. The number of fused-ring (bicyclic) bond motifs is 1. The number of hydrogen-bond donors (Lipinski definition) is 0. The Kier molecular flexibility index (Phi) is 2.77. The zero-order chi connectivity index (χ0) is 11.7. The minimum Gasteiger partial charge on any atom is -0.294 e. The Morgan fingerprint density at radius 1 is 1.44 bits per heavy atom. The van der Waals surface area contributed by atoms with Gasteiger partial charge in [0, 0.05) is 6.20 Å². The number of ketones is 1. The summed E-state index contributed by atoms with van der Waals surface area (Å²) < 4.78 is 1.79. The van der Waals surface area contributed by atoms with Crippen LogP contribution in [0.15, 0.2) is 24.4 Å². The van der Waals surface area contributed by atoms with Crippen molar-refractivity contribution >= 4 is 11.3 Å². The van der Waals surface area contributed by atoms with Gasteiger partial charge in [0.2, 0.25) is 0 Å². The molecule has 0 aliphatic carbocycles. The van der Waals surface area contributed by atoms with Crippen molar-refractivity contribution in [2.24, 2.45) is 5.92 Å². The number of carbonyl (C=O) groups is 1. The average molecular weight is 216 g/mol. The maximum atomic E-state index is 11.7. The summed E-state index contributed by atoms with van der Waals surface area (Å²) in [5.41, 5.74) is 2.59. The predicted molar refractivity (Wildman–Crippen MR) is 63.7 cm³/mol. The van der Waals surface area contributed by atoms with Crippen molar-refractivity contribution in [3.05, 3.63) is 35.7 Å². The highest BCUT2D eigenvalue weighted by Crippen LogP contribution is 2.19. The summed E-state index contributed by atoms with van der Waals surface area (Å²) in [6, 6.07) is 5.79. The molecule has 16 heavy (non-hydrogen) atoms. The van der Waals surface area contributed by atoms with Crippen molar-refractivity contribution in [3.63, 3.8) is 0 Å². The predicted octanol–water partition coefficient (Wildman–Crippen LogP) is 2.74. The summed E-state index contributed by atoms with van der Waals surface area (Å²) in [4.78, 5) is 11.7. The van der Waals surface area contributed by atoms with E-state index in [0.29, 0.717) is 5.92 Å². The Morgan fingerprint density at radius 2 is 2.19 bits per heavy atom. The van der Waals surface area contributed by atoms with Crippen molar-refractivity contribution in [1.29, 1.82) is 0 Å². The Morgan fingerprint density at radius 3 is 2.81 bits per heavy atom. The SMILES string of the molecule is CC(=O)c1c(CC(C)C)nn2ccccc12. The van der Waals surface area contributed by atoms with Crippen molar-refractivity contribution in [3.8, 4) is 0 Å². The normalized spacial score (nSPS) is 11.2. The van der Waals surface area contributed by atoms with Crippen LogP contribution in [-0.4, -0.2) is 15.4 Å². The van der Waals surface area contributed by atoms with E-state index in [1.165, 1.54) is 0 Å². The van der Waals surface area contributed by atoms with Gasteiger partial charge in [0.25, 0.3) is 0 Å². The van der Waals surface area contributed by atoms with Gasteiger partial charge in [-0.15, -0.1) is 0 Å². The van der Waals surface area contributed by atoms with Crippen LogP contribution in [0.3, 0.4) is 0 Å². The molecule has 0 bridgehead atoms. The fourth-order valence-corrected chi connectivity index (χ4v) is 1.96. The lowest BCUT2D eigenvalue weighted by Crippen LogP contribution is -2.01. The van der Waals surface area contributed by atoms with Crippen LogP contribution in [0.1, 0.15) is 36.8 Å². The first-order valence-electron chi connectivity index (χ1n) is 5.56. The van der Waals surface area contributed by atoms with Gasteiger partial charge in [0.1, 0.15) is 0 Å². The first kappa shape index (κ1) is 10.9. The van der Waals surface area contributed by atoms with E-state index in [2.05, 4.69) is 18.9 Å². The number of rotatable bonds is 3. The highest BCUT2D eigenvalue weighted by molar-refractivity contribution is 6.01. The number of hydrogen-bond acceptors (Lipinski definition) is 2. The van der Waals surface area contributed by atoms with Crippen LogP contribution < -0.4 is 0 Å². The van der Waals surface area contributed by atoms with Crippen LogP contribution in [-0.2, 0) is 6.42 Å². The van der Waals surface area contributed by atoms with Gasteiger partial charge in [-0.3, -0.25) is 4.79 Å². The molecule has 0 radical (unpaired) electrons. The summed E-state index contributed by atoms with van der Waals surface area (Å²) in [6.45, 7) is 5.87. The molecule has 0 aromatic carbocycles. The molecule has 2 rings (SSSR count). The first-order valence-corrected chi connectivity index (χ1v) is 5.56. The van der Waals surface area contributed by atoms with Crippen LogP contribution in [0.4, 0.5) is 0 Å². The average Bonchev–Trinajstić information content (AvgIpc) is 2.53. The molecule has 0 saturated carbocycles. The number of carbonyl (C=O) groups excluding carboxylic acids is 1. The van der Waals surface area contributed by atoms with Crippen molar-refractivity contribution < 1.29 is 4.79 Å². The summed E-state index contributed by atoms with van der Waals surface area (Å²) in [6.07, 6.45) is 2.72. The smallest absolute Gasteiger partial charge is 0.163 e. The third kappa shape index (κ3) is 1.85. The molecule has 0 fully saturated rings. The monoisotopic (exact) mass is 216 g/mol. The Labute approximate surface area is 95.1 Å². The van der Waals surface area contributed by atoms with Crippen molar-refractivity contribution in [1.82, 2.24) is 9.61 Å². The summed E-state index contributed by atoms with van der Waals surface area (Å²) >= 11 is 0. The highest BCUT2D eigenvalue weighted by Gasteiger charge is 2.16. The molecule has 2 heterocycles. The first-order chi connectivity index (χ1) is 7.59. The zero-order valence-corrected chi connectivity index (χ0v) is 9.90. The molecule has 84 valence electrons. The fraction of sp³-hybridized carbons (Fsp3) is 0.385. The van der Waals surface area contributed by atoms with E-state index in [1.807, 2.05) is 24.4 Å². The van der Waals surface area contributed by atoms with Crippen LogP contribution in [0.2, 0.25) is 0 Å². The molecular formula is C13H16N2O. The van der Waals surface area contributed by atoms with Gasteiger partial charge in [-0.1, -0.05) is 19.9 Å². The maximum Gasteiger partial charge on any atom is 0.163 e. The lowest BCUT2D eigenvalue weighted by atomic mass is 10.0. The van der Waals surface area contributed by atoms with Crippen LogP contribution in [0.25, 0.3) is 5.52 Å². The second-order valence-electron chi connectivity index (χ2n) is 4.51. The molecule has 2 aromatic rings. The molecule has 0 aliphatic heterocycles. The number of nitrogens with zero attached hydrogens (tertiary/aromatic N) is 2. The molecule has 2 aromatic heterocycles. The van der Waals surface area contributed by atoms with Gasteiger partial charge >= 0.3 is 0 Å². The van der Waals surface area contributed by atoms with Gasteiger partial charge in [-0.2, -0.15) is 5.10 Å². The minimum absolute atomic E-state index is 0.0943. The van der Waals surface area contributed by atoms with E-state index in [4.69, 9.17) is 0 Å². The second-order valence-corrected chi connectivity index (χ2v) is 4.51. The molecule has 0 saturated heterocycles. The lowest BCUT2D eigenvalue weighted by Gasteiger charge is -2.02. The number of Topliss-reactive ketones (excluding diaryl/α,β-unsaturated/α-hetero) is 1. The van der Waals surface area contributed by atoms with Crippen molar-refractivity contribution in [2.75, 3.05) is 0 Å². The van der Waals surface area contributed by atoms with Crippen LogP contribution in [0, 0.1) is 5.92 Å². The summed E-state index contributed by atoms with van der Waals surface area (Å²) in [5.74, 6) is 0.597. The zero-order valence-electron chi connectivity index (χ0n) is 9.90. The third-order valence-corrected chi connectivity index (χ3v) is 2.57. The third-order valence-electron chi connectivity index (χ3n) is 2.57. The number of pyridine rings is 1. The highest BCUT2D eigenvalue weighted by atomic mass is 16.1. The summed E-state index contributed by atoms with van der Waals surface area (Å²) in [7, 11) is 0. The molecule has 0 amide bonds. The molecule has 0 N–H and O–H groups in total. The van der Waals surface area contributed by atoms with E-state index in [9.17, 15) is 4.79 Å². The fourth-order valence-electron chi connectivity index (χ4n) is 1.96. The quantitative estimate of drug-likeness (QED) is 0.739.